The number of carbonyl (C=O) groups is 1. The molecule has 1 heterocycles. The monoisotopic (exact) mass is 336 g/mol. The molecule has 1 saturated carbocycles. The van der Waals surface area contributed by atoms with E-state index in [9.17, 15) is 22.8 Å². The molecule has 0 aromatic carbocycles. The summed E-state index contributed by atoms with van der Waals surface area (Å²) in [6.45, 7) is 2.04. The van der Waals surface area contributed by atoms with Gasteiger partial charge in [0, 0.05) is 30.1 Å². The van der Waals surface area contributed by atoms with Gasteiger partial charge in [0.2, 0.25) is 5.91 Å². The summed E-state index contributed by atoms with van der Waals surface area (Å²) in [5, 5.41) is 4.39. The standard InChI is InChI=1S/C14H19F3N2O2S/c1-9-8-22-13(21)19(9)6-5-12(20)18-11-4-2-3-10(7-11)14(15,16)17/h8,10-11H,2-7H2,1H3,(H,18,20)/t10-,11-/m0/s1. The molecule has 0 aliphatic heterocycles. The van der Waals surface area contributed by atoms with Gasteiger partial charge in [-0.1, -0.05) is 17.8 Å². The van der Waals surface area contributed by atoms with Gasteiger partial charge in [-0.15, -0.1) is 0 Å². The maximum Gasteiger partial charge on any atom is 0.391 e. The first-order chi connectivity index (χ1) is 10.3. The van der Waals surface area contributed by atoms with Crippen LogP contribution in [-0.2, 0) is 11.3 Å². The van der Waals surface area contributed by atoms with E-state index in [1.807, 2.05) is 0 Å². The van der Waals surface area contributed by atoms with Crippen LogP contribution in [0.1, 0.15) is 37.8 Å². The van der Waals surface area contributed by atoms with Crippen LogP contribution in [0.2, 0.25) is 0 Å². The summed E-state index contributed by atoms with van der Waals surface area (Å²) in [6.07, 6.45) is -2.95. The largest absolute Gasteiger partial charge is 0.391 e. The molecule has 1 aliphatic carbocycles. The molecule has 1 amide bonds. The van der Waals surface area contributed by atoms with Crippen LogP contribution in [0.4, 0.5) is 13.2 Å². The number of aromatic nitrogens is 1. The zero-order chi connectivity index (χ0) is 16.3. The lowest BCUT2D eigenvalue weighted by atomic mass is 9.85. The molecular formula is C14H19F3N2O2S. The first kappa shape index (κ1) is 17.1. The van der Waals surface area contributed by atoms with E-state index in [-0.39, 0.29) is 36.6 Å². The van der Waals surface area contributed by atoms with Gasteiger partial charge in [0.15, 0.2) is 0 Å². The maximum absolute atomic E-state index is 12.7. The highest BCUT2D eigenvalue weighted by Crippen LogP contribution is 2.37. The van der Waals surface area contributed by atoms with Crippen molar-refractivity contribution < 1.29 is 18.0 Å². The molecule has 2 rings (SSSR count). The van der Waals surface area contributed by atoms with Crippen molar-refractivity contribution in [3.05, 3.63) is 20.7 Å². The average molecular weight is 336 g/mol. The minimum Gasteiger partial charge on any atom is -0.353 e. The molecule has 0 radical (unpaired) electrons. The molecule has 1 fully saturated rings. The summed E-state index contributed by atoms with van der Waals surface area (Å²) < 4.78 is 39.7. The van der Waals surface area contributed by atoms with Gasteiger partial charge in [-0.05, 0) is 26.2 Å². The Balaban J connectivity index is 1.83. The van der Waals surface area contributed by atoms with E-state index in [4.69, 9.17) is 0 Å². The lowest BCUT2D eigenvalue weighted by Gasteiger charge is -2.31. The Bertz CT molecular complexity index is 579. The second kappa shape index (κ2) is 6.85. The van der Waals surface area contributed by atoms with Gasteiger partial charge in [-0.25, -0.2) is 0 Å². The number of hydrogen-bond donors (Lipinski definition) is 1. The van der Waals surface area contributed by atoms with Crippen LogP contribution in [0.25, 0.3) is 0 Å². The molecule has 2 atom stereocenters. The van der Waals surface area contributed by atoms with Crippen LogP contribution < -0.4 is 10.2 Å². The zero-order valence-electron chi connectivity index (χ0n) is 12.3. The van der Waals surface area contributed by atoms with Crippen LogP contribution >= 0.6 is 11.3 Å². The van der Waals surface area contributed by atoms with Gasteiger partial charge in [-0.3, -0.25) is 9.59 Å². The van der Waals surface area contributed by atoms with Crippen molar-refractivity contribution in [2.45, 2.75) is 57.8 Å². The molecule has 0 saturated heterocycles. The van der Waals surface area contributed by atoms with Gasteiger partial charge in [0.25, 0.3) is 0 Å². The third-order valence-corrected chi connectivity index (χ3v) is 4.92. The Morgan fingerprint density at radius 2 is 2.18 bits per heavy atom. The predicted molar refractivity (Wildman–Crippen MR) is 77.9 cm³/mol. The third-order valence-electron chi connectivity index (χ3n) is 4.04. The van der Waals surface area contributed by atoms with E-state index in [1.165, 1.54) is 4.57 Å². The number of carbonyl (C=O) groups excluding carboxylic acids is 1. The van der Waals surface area contributed by atoms with E-state index >= 15 is 0 Å². The van der Waals surface area contributed by atoms with Crippen molar-refractivity contribution in [3.63, 3.8) is 0 Å². The van der Waals surface area contributed by atoms with E-state index in [0.29, 0.717) is 12.8 Å². The second-order valence-electron chi connectivity index (χ2n) is 5.71. The van der Waals surface area contributed by atoms with Crippen molar-refractivity contribution >= 4 is 17.2 Å². The Kier molecular flexibility index (Phi) is 5.31. The molecule has 1 aromatic rings. The van der Waals surface area contributed by atoms with Crippen LogP contribution in [0.3, 0.4) is 0 Å². The molecule has 22 heavy (non-hydrogen) atoms. The third kappa shape index (κ3) is 4.34. The second-order valence-corrected chi connectivity index (χ2v) is 6.53. The number of thiazole rings is 1. The summed E-state index contributed by atoms with van der Waals surface area (Å²) in [5.41, 5.74) is 0.789. The summed E-state index contributed by atoms with van der Waals surface area (Å²) in [4.78, 5) is 23.3. The van der Waals surface area contributed by atoms with Gasteiger partial charge < -0.3 is 9.88 Å². The first-order valence-corrected chi connectivity index (χ1v) is 8.16. The minimum atomic E-state index is -4.19. The van der Waals surface area contributed by atoms with Crippen LogP contribution in [0.15, 0.2) is 10.2 Å². The highest BCUT2D eigenvalue weighted by molar-refractivity contribution is 7.07. The molecule has 1 aliphatic rings. The van der Waals surface area contributed by atoms with Gasteiger partial charge in [0.1, 0.15) is 0 Å². The molecule has 0 unspecified atom stereocenters. The normalized spacial score (nSPS) is 22.5. The fourth-order valence-corrected chi connectivity index (χ4v) is 3.57. The quantitative estimate of drug-likeness (QED) is 0.919. The van der Waals surface area contributed by atoms with Gasteiger partial charge in [0.05, 0.1) is 5.92 Å². The smallest absolute Gasteiger partial charge is 0.353 e. The number of aryl methyl sites for hydroxylation is 1. The maximum atomic E-state index is 12.7. The fourth-order valence-electron chi connectivity index (χ4n) is 2.81. The molecule has 8 heteroatoms. The van der Waals surface area contributed by atoms with Crippen molar-refractivity contribution in [3.8, 4) is 0 Å². The van der Waals surface area contributed by atoms with E-state index < -0.39 is 18.1 Å². The molecule has 124 valence electrons. The Labute approximate surface area is 130 Å². The predicted octanol–water partition coefficient (Wildman–Crippen LogP) is 2.85. The van der Waals surface area contributed by atoms with Gasteiger partial charge >= 0.3 is 11.0 Å². The number of hydrogen-bond acceptors (Lipinski definition) is 3. The average Bonchev–Trinajstić information content (AvgIpc) is 2.75. The number of nitrogens with zero attached hydrogens (tertiary/aromatic N) is 1. The number of nitrogens with one attached hydrogen (secondary N) is 1. The van der Waals surface area contributed by atoms with Crippen LogP contribution in [0, 0.1) is 12.8 Å². The van der Waals surface area contributed by atoms with E-state index in [0.717, 1.165) is 17.0 Å². The topological polar surface area (TPSA) is 51.1 Å². The molecule has 4 nitrogen and oxygen atoms in total. The number of alkyl halides is 3. The molecule has 1 N–H and O–H groups in total. The molecular weight excluding hydrogens is 317 g/mol. The van der Waals surface area contributed by atoms with Crippen molar-refractivity contribution in [1.82, 2.24) is 9.88 Å². The fraction of sp³-hybridized carbons (Fsp3) is 0.714. The van der Waals surface area contributed by atoms with Crippen LogP contribution in [0.5, 0.6) is 0 Å². The van der Waals surface area contributed by atoms with Crippen molar-refractivity contribution in [1.29, 1.82) is 0 Å². The van der Waals surface area contributed by atoms with E-state index in [2.05, 4.69) is 5.32 Å². The Morgan fingerprint density at radius 1 is 1.45 bits per heavy atom. The summed E-state index contributed by atoms with van der Waals surface area (Å²) >= 11 is 1.07. The van der Waals surface area contributed by atoms with Crippen LogP contribution in [-0.4, -0.2) is 22.7 Å². The number of amides is 1. The SMILES string of the molecule is Cc1csc(=O)n1CCC(=O)N[C@H]1CCC[C@H](C(F)(F)F)C1. The summed E-state index contributed by atoms with van der Waals surface area (Å²) in [5.74, 6) is -1.63. The Morgan fingerprint density at radius 3 is 2.77 bits per heavy atom. The summed E-state index contributed by atoms with van der Waals surface area (Å²) in [7, 11) is 0. The Hall–Kier alpha value is -1.31. The van der Waals surface area contributed by atoms with Crippen molar-refractivity contribution in [2.75, 3.05) is 0 Å². The molecule has 0 bridgehead atoms. The molecule has 1 aromatic heterocycles. The molecule has 0 spiro atoms. The zero-order valence-corrected chi connectivity index (χ0v) is 13.1. The van der Waals surface area contributed by atoms with Crippen molar-refractivity contribution in [2.24, 2.45) is 5.92 Å². The van der Waals surface area contributed by atoms with Gasteiger partial charge in [-0.2, -0.15) is 13.2 Å². The minimum absolute atomic E-state index is 0.0489. The highest BCUT2D eigenvalue weighted by Gasteiger charge is 2.42. The number of rotatable bonds is 4. The lowest BCUT2D eigenvalue weighted by Crippen LogP contribution is -2.41. The lowest BCUT2D eigenvalue weighted by molar-refractivity contribution is -0.184. The first-order valence-electron chi connectivity index (χ1n) is 7.28. The summed E-state index contributed by atoms with van der Waals surface area (Å²) in [6, 6.07) is -0.423. The van der Waals surface area contributed by atoms with E-state index in [1.54, 1.807) is 12.3 Å². The highest BCUT2D eigenvalue weighted by atomic mass is 32.1. The number of halogens is 3.